The van der Waals surface area contributed by atoms with Gasteiger partial charge in [-0.2, -0.15) is 0 Å². The average molecular weight is 206 g/mol. The van der Waals surface area contributed by atoms with E-state index in [1.807, 2.05) is 24.5 Å². The SMILES string of the molecule is CSc1ccc2c(c1)=N[C](C(=O)O)C=2. The second kappa shape index (κ2) is 3.46. The van der Waals surface area contributed by atoms with E-state index in [0.29, 0.717) is 0 Å². The van der Waals surface area contributed by atoms with Gasteiger partial charge < -0.3 is 5.11 Å². The molecule has 1 heterocycles. The molecule has 0 fully saturated rings. The molecule has 1 aliphatic heterocycles. The van der Waals surface area contributed by atoms with Crippen molar-refractivity contribution in [2.24, 2.45) is 4.99 Å². The van der Waals surface area contributed by atoms with E-state index in [0.717, 1.165) is 15.5 Å². The minimum absolute atomic E-state index is 0.109. The third-order valence-electron chi connectivity index (χ3n) is 1.99. The number of carboxylic acid groups (broad SMARTS) is 1. The Labute approximate surface area is 85.2 Å². The van der Waals surface area contributed by atoms with Gasteiger partial charge in [0.1, 0.15) is 0 Å². The second-order valence-electron chi connectivity index (χ2n) is 2.87. The van der Waals surface area contributed by atoms with Crippen LogP contribution in [0.2, 0.25) is 0 Å². The minimum Gasteiger partial charge on any atom is -0.479 e. The van der Waals surface area contributed by atoms with Crippen LogP contribution in [0.3, 0.4) is 0 Å². The van der Waals surface area contributed by atoms with Gasteiger partial charge in [0.2, 0.25) is 6.04 Å². The van der Waals surface area contributed by atoms with E-state index in [4.69, 9.17) is 5.11 Å². The molecule has 1 N–H and O–H groups in total. The molecule has 3 nitrogen and oxygen atoms in total. The van der Waals surface area contributed by atoms with Crippen LogP contribution in [0.5, 0.6) is 0 Å². The zero-order valence-electron chi connectivity index (χ0n) is 7.52. The van der Waals surface area contributed by atoms with E-state index < -0.39 is 5.97 Å². The van der Waals surface area contributed by atoms with Gasteiger partial charge in [-0.15, -0.1) is 11.8 Å². The van der Waals surface area contributed by atoms with Gasteiger partial charge in [-0.05, 0) is 29.7 Å². The van der Waals surface area contributed by atoms with Crippen molar-refractivity contribution in [3.05, 3.63) is 34.8 Å². The van der Waals surface area contributed by atoms with Crippen LogP contribution in [-0.4, -0.2) is 17.3 Å². The molecular formula is C10H8NO2S. The predicted molar refractivity (Wildman–Crippen MR) is 54.3 cm³/mol. The summed E-state index contributed by atoms with van der Waals surface area (Å²) in [5.74, 6) is -0.980. The van der Waals surface area contributed by atoms with Crippen LogP contribution in [0.15, 0.2) is 28.1 Å². The molecule has 2 rings (SSSR count). The van der Waals surface area contributed by atoms with E-state index in [2.05, 4.69) is 4.99 Å². The highest BCUT2D eigenvalue weighted by Gasteiger charge is 2.17. The average Bonchev–Trinajstić information content (AvgIpc) is 2.59. The number of hydrogen-bond donors (Lipinski definition) is 1. The number of carbonyl (C=O) groups is 1. The first kappa shape index (κ1) is 9.27. The molecule has 14 heavy (non-hydrogen) atoms. The molecule has 1 aromatic rings. The summed E-state index contributed by atoms with van der Waals surface area (Å²) in [5.41, 5.74) is 0. The molecule has 0 aromatic heterocycles. The third-order valence-corrected chi connectivity index (χ3v) is 2.72. The molecule has 0 saturated heterocycles. The fraction of sp³-hybridized carbons (Fsp3) is 0.100. The van der Waals surface area contributed by atoms with Gasteiger partial charge in [0.05, 0.1) is 5.36 Å². The summed E-state index contributed by atoms with van der Waals surface area (Å²) in [5, 5.41) is 10.4. The van der Waals surface area contributed by atoms with Gasteiger partial charge in [-0.1, -0.05) is 6.07 Å². The summed E-state index contributed by atoms with van der Waals surface area (Å²) in [6.07, 6.45) is 3.56. The monoisotopic (exact) mass is 206 g/mol. The molecule has 0 aliphatic carbocycles. The molecule has 0 bridgehead atoms. The number of nitrogens with zero attached hydrogens (tertiary/aromatic N) is 1. The Morgan fingerprint density at radius 2 is 2.29 bits per heavy atom. The van der Waals surface area contributed by atoms with E-state index in [9.17, 15) is 4.79 Å². The van der Waals surface area contributed by atoms with Crippen molar-refractivity contribution in [3.8, 4) is 0 Å². The van der Waals surface area contributed by atoms with Crippen LogP contribution in [0.4, 0.5) is 0 Å². The summed E-state index contributed by atoms with van der Waals surface area (Å²) in [4.78, 5) is 15.8. The van der Waals surface area contributed by atoms with E-state index in [1.54, 1.807) is 17.8 Å². The number of benzene rings is 1. The van der Waals surface area contributed by atoms with Crippen molar-refractivity contribution < 1.29 is 9.90 Å². The normalized spacial score (nSPS) is 14.4. The molecule has 1 radical (unpaired) electrons. The number of thioether (sulfide) groups is 1. The summed E-state index contributed by atoms with van der Waals surface area (Å²) >= 11 is 1.61. The fourth-order valence-electron chi connectivity index (χ4n) is 1.29. The lowest BCUT2D eigenvalue weighted by Crippen LogP contribution is -2.20. The summed E-state index contributed by atoms with van der Waals surface area (Å²) < 4.78 is 0. The first-order chi connectivity index (χ1) is 6.70. The predicted octanol–water partition coefficient (Wildman–Crippen LogP) is 0.439. The Morgan fingerprint density at radius 3 is 2.93 bits per heavy atom. The smallest absolute Gasteiger partial charge is 0.339 e. The number of hydrogen-bond acceptors (Lipinski definition) is 3. The Hall–Kier alpha value is -1.29. The van der Waals surface area contributed by atoms with Crippen molar-refractivity contribution in [1.29, 1.82) is 0 Å². The van der Waals surface area contributed by atoms with Crippen LogP contribution in [0.1, 0.15) is 0 Å². The molecular weight excluding hydrogens is 198 g/mol. The number of carboxylic acids is 1. The second-order valence-corrected chi connectivity index (χ2v) is 3.75. The van der Waals surface area contributed by atoms with Gasteiger partial charge in [0.15, 0.2) is 0 Å². The highest BCUT2D eigenvalue weighted by Crippen LogP contribution is 2.11. The zero-order valence-corrected chi connectivity index (χ0v) is 8.34. The largest absolute Gasteiger partial charge is 0.479 e. The minimum atomic E-state index is -0.980. The first-order valence-electron chi connectivity index (χ1n) is 4.05. The molecule has 0 atom stereocenters. The molecule has 1 aromatic carbocycles. The highest BCUT2D eigenvalue weighted by molar-refractivity contribution is 7.98. The van der Waals surface area contributed by atoms with Gasteiger partial charge in [0.25, 0.3) is 0 Å². The third kappa shape index (κ3) is 1.53. The molecule has 4 heteroatoms. The first-order valence-corrected chi connectivity index (χ1v) is 5.28. The lowest BCUT2D eigenvalue weighted by Gasteiger charge is -1.92. The van der Waals surface area contributed by atoms with Crippen molar-refractivity contribution in [1.82, 2.24) is 0 Å². The van der Waals surface area contributed by atoms with Crippen molar-refractivity contribution in [2.75, 3.05) is 6.26 Å². The molecule has 0 amide bonds. The Kier molecular flexibility index (Phi) is 2.29. The molecule has 0 spiro atoms. The number of fused-ring (bicyclic) bond motifs is 1. The molecule has 1 aliphatic rings. The zero-order chi connectivity index (χ0) is 10.1. The Bertz CT molecular complexity index is 495. The van der Waals surface area contributed by atoms with Crippen LogP contribution in [-0.2, 0) is 4.79 Å². The van der Waals surface area contributed by atoms with E-state index in [1.165, 1.54) is 0 Å². The van der Waals surface area contributed by atoms with Gasteiger partial charge in [0, 0.05) is 4.90 Å². The number of rotatable bonds is 2. The maximum absolute atomic E-state index is 10.7. The standard InChI is InChI=1S/C10H8NO2S/c1-14-7-3-2-6-4-9(10(12)13)11-8(6)5-7/h2-5H,1H3,(H,12,13). The van der Waals surface area contributed by atoms with Gasteiger partial charge in [-0.25, -0.2) is 4.79 Å². The van der Waals surface area contributed by atoms with Crippen LogP contribution in [0, 0.1) is 6.04 Å². The van der Waals surface area contributed by atoms with Crippen LogP contribution >= 0.6 is 11.8 Å². The summed E-state index contributed by atoms with van der Waals surface area (Å²) in [6, 6.07) is 5.85. The molecule has 0 saturated carbocycles. The van der Waals surface area contributed by atoms with Crippen molar-refractivity contribution >= 4 is 23.8 Å². The van der Waals surface area contributed by atoms with Crippen molar-refractivity contribution in [2.45, 2.75) is 4.90 Å². The lowest BCUT2D eigenvalue weighted by molar-refractivity contribution is -0.134. The summed E-state index contributed by atoms with van der Waals surface area (Å²) in [6.45, 7) is 0. The summed E-state index contributed by atoms with van der Waals surface area (Å²) in [7, 11) is 0. The highest BCUT2D eigenvalue weighted by atomic mass is 32.2. The van der Waals surface area contributed by atoms with Gasteiger partial charge >= 0.3 is 5.97 Å². The Morgan fingerprint density at radius 1 is 1.50 bits per heavy atom. The fourth-order valence-corrected chi connectivity index (χ4v) is 1.72. The number of aliphatic carboxylic acids is 1. The van der Waals surface area contributed by atoms with Gasteiger partial charge in [-0.3, -0.25) is 4.99 Å². The lowest BCUT2D eigenvalue weighted by atomic mass is 10.2. The maximum atomic E-state index is 10.7. The Balaban J connectivity index is 2.53. The van der Waals surface area contributed by atoms with E-state index >= 15 is 0 Å². The van der Waals surface area contributed by atoms with E-state index in [-0.39, 0.29) is 6.04 Å². The quantitative estimate of drug-likeness (QED) is 0.714. The molecule has 71 valence electrons. The maximum Gasteiger partial charge on any atom is 0.339 e. The van der Waals surface area contributed by atoms with Crippen molar-refractivity contribution in [3.63, 3.8) is 0 Å². The van der Waals surface area contributed by atoms with Crippen LogP contribution < -0.4 is 10.6 Å². The topological polar surface area (TPSA) is 49.7 Å². The molecule has 0 unspecified atom stereocenters. The van der Waals surface area contributed by atoms with Crippen LogP contribution in [0.25, 0.3) is 6.08 Å².